The van der Waals surface area contributed by atoms with E-state index in [1.807, 2.05) is 13.8 Å². The van der Waals surface area contributed by atoms with Crippen molar-refractivity contribution in [2.75, 3.05) is 13.2 Å². The van der Waals surface area contributed by atoms with Gasteiger partial charge in [0.05, 0.1) is 0 Å². The molecule has 1 saturated heterocycles. The van der Waals surface area contributed by atoms with E-state index in [0.717, 1.165) is 12.8 Å². The Morgan fingerprint density at radius 2 is 2.43 bits per heavy atom. The van der Waals surface area contributed by atoms with E-state index in [9.17, 15) is 4.79 Å². The minimum absolute atomic E-state index is 0.00789. The Labute approximate surface area is 84.6 Å². The molecular formula is C10H19NO3. The van der Waals surface area contributed by atoms with Crippen LogP contribution in [-0.2, 0) is 9.53 Å². The van der Waals surface area contributed by atoms with E-state index in [2.05, 4.69) is 5.32 Å². The van der Waals surface area contributed by atoms with Gasteiger partial charge in [0.15, 0.2) is 0 Å². The summed E-state index contributed by atoms with van der Waals surface area (Å²) >= 11 is 0. The van der Waals surface area contributed by atoms with Crippen LogP contribution < -0.4 is 5.32 Å². The molecule has 4 nitrogen and oxygen atoms in total. The fourth-order valence-corrected chi connectivity index (χ4v) is 1.60. The van der Waals surface area contributed by atoms with Gasteiger partial charge in [-0.1, -0.05) is 0 Å². The molecule has 2 N–H and O–H groups in total. The molecule has 0 radical (unpaired) electrons. The number of rotatable bonds is 4. The average Bonchev–Trinajstić information content (AvgIpc) is 2.54. The Kier molecular flexibility index (Phi) is 3.89. The first kappa shape index (κ1) is 11.5. The third-order valence-electron chi connectivity index (χ3n) is 2.64. The highest BCUT2D eigenvalue weighted by molar-refractivity contribution is 5.85. The largest absolute Gasteiger partial charge is 0.396 e. The summed E-state index contributed by atoms with van der Waals surface area (Å²) in [5.41, 5.74) is -0.649. The minimum Gasteiger partial charge on any atom is -0.396 e. The molecule has 0 spiro atoms. The maximum atomic E-state index is 11.7. The number of ether oxygens (including phenoxy) is 1. The van der Waals surface area contributed by atoms with Gasteiger partial charge in [-0.25, -0.2) is 0 Å². The third-order valence-corrected chi connectivity index (χ3v) is 2.64. The summed E-state index contributed by atoms with van der Waals surface area (Å²) < 4.78 is 5.41. The zero-order chi connectivity index (χ0) is 10.6. The van der Waals surface area contributed by atoms with E-state index in [1.54, 1.807) is 0 Å². The first-order valence-electron chi connectivity index (χ1n) is 5.14. The van der Waals surface area contributed by atoms with Crippen molar-refractivity contribution in [2.24, 2.45) is 0 Å². The summed E-state index contributed by atoms with van der Waals surface area (Å²) in [6.07, 6.45) is 2.31. The number of hydrogen-bond donors (Lipinski definition) is 2. The standard InChI is InChI=1S/C10H19NO3/c1-8(4-6-12)11-9(13)10(2)5-3-7-14-10/h8,12H,3-7H2,1-2H3,(H,11,13). The lowest BCUT2D eigenvalue weighted by molar-refractivity contribution is -0.140. The van der Waals surface area contributed by atoms with Crippen molar-refractivity contribution in [3.63, 3.8) is 0 Å². The summed E-state index contributed by atoms with van der Waals surface area (Å²) in [5.74, 6) is -0.0593. The van der Waals surface area contributed by atoms with Crippen LogP contribution >= 0.6 is 0 Å². The first-order chi connectivity index (χ1) is 6.58. The van der Waals surface area contributed by atoms with Crippen LogP contribution in [0.2, 0.25) is 0 Å². The van der Waals surface area contributed by atoms with Crippen LogP contribution in [0.25, 0.3) is 0 Å². The summed E-state index contributed by atoms with van der Waals surface area (Å²) in [6.45, 7) is 4.46. The topological polar surface area (TPSA) is 58.6 Å². The van der Waals surface area contributed by atoms with Crippen molar-refractivity contribution < 1.29 is 14.6 Å². The summed E-state index contributed by atoms with van der Waals surface area (Å²) in [6, 6.07) is 0.00789. The SMILES string of the molecule is CC(CCO)NC(=O)C1(C)CCCO1. The molecule has 2 unspecified atom stereocenters. The fourth-order valence-electron chi connectivity index (χ4n) is 1.60. The van der Waals surface area contributed by atoms with Gasteiger partial charge >= 0.3 is 0 Å². The molecule has 1 rings (SSSR count). The van der Waals surface area contributed by atoms with E-state index < -0.39 is 5.60 Å². The molecule has 0 aromatic rings. The van der Waals surface area contributed by atoms with E-state index in [4.69, 9.17) is 9.84 Å². The van der Waals surface area contributed by atoms with E-state index in [0.29, 0.717) is 13.0 Å². The molecule has 82 valence electrons. The molecule has 1 heterocycles. The Balaban J connectivity index is 2.40. The van der Waals surface area contributed by atoms with Crippen molar-refractivity contribution >= 4 is 5.91 Å². The van der Waals surface area contributed by atoms with Gasteiger partial charge in [-0.05, 0) is 33.1 Å². The molecule has 1 amide bonds. The van der Waals surface area contributed by atoms with Gasteiger partial charge in [-0.3, -0.25) is 4.79 Å². The summed E-state index contributed by atoms with van der Waals surface area (Å²) in [5, 5.41) is 11.5. The molecule has 1 aliphatic heterocycles. The molecule has 14 heavy (non-hydrogen) atoms. The predicted octanol–water partition coefficient (Wildman–Crippen LogP) is 0.443. The van der Waals surface area contributed by atoms with Gasteiger partial charge < -0.3 is 15.2 Å². The Morgan fingerprint density at radius 1 is 1.71 bits per heavy atom. The summed E-state index contributed by atoms with van der Waals surface area (Å²) in [4.78, 5) is 11.7. The van der Waals surface area contributed by atoms with Gasteiger partial charge in [0.2, 0.25) is 0 Å². The van der Waals surface area contributed by atoms with E-state index in [1.165, 1.54) is 0 Å². The maximum absolute atomic E-state index is 11.7. The molecule has 1 aliphatic rings. The quantitative estimate of drug-likeness (QED) is 0.694. The zero-order valence-electron chi connectivity index (χ0n) is 8.88. The number of amides is 1. The highest BCUT2D eigenvalue weighted by atomic mass is 16.5. The Bertz CT molecular complexity index is 200. The van der Waals surface area contributed by atoms with Crippen LogP contribution in [0, 0.1) is 0 Å². The Hall–Kier alpha value is -0.610. The summed E-state index contributed by atoms with van der Waals surface area (Å²) in [7, 11) is 0. The lowest BCUT2D eigenvalue weighted by Crippen LogP contribution is -2.47. The molecule has 0 saturated carbocycles. The van der Waals surface area contributed by atoms with Crippen LogP contribution in [0.1, 0.15) is 33.1 Å². The third kappa shape index (κ3) is 2.69. The van der Waals surface area contributed by atoms with Crippen molar-refractivity contribution in [1.29, 1.82) is 0 Å². The normalized spacial score (nSPS) is 28.8. The number of aliphatic hydroxyl groups excluding tert-OH is 1. The number of hydrogen-bond acceptors (Lipinski definition) is 3. The maximum Gasteiger partial charge on any atom is 0.252 e. The average molecular weight is 201 g/mol. The molecule has 0 aliphatic carbocycles. The lowest BCUT2D eigenvalue weighted by Gasteiger charge is -2.24. The zero-order valence-corrected chi connectivity index (χ0v) is 8.88. The van der Waals surface area contributed by atoms with Gasteiger partial charge in [-0.15, -0.1) is 0 Å². The van der Waals surface area contributed by atoms with Gasteiger partial charge in [0, 0.05) is 19.3 Å². The monoisotopic (exact) mass is 201 g/mol. The van der Waals surface area contributed by atoms with Crippen molar-refractivity contribution in [2.45, 2.75) is 44.8 Å². The second kappa shape index (κ2) is 4.75. The van der Waals surface area contributed by atoms with Crippen LogP contribution in [0.3, 0.4) is 0 Å². The number of aliphatic hydroxyl groups is 1. The van der Waals surface area contributed by atoms with Gasteiger partial charge in [-0.2, -0.15) is 0 Å². The van der Waals surface area contributed by atoms with Crippen molar-refractivity contribution in [1.82, 2.24) is 5.32 Å². The number of carbonyl (C=O) groups excluding carboxylic acids is 1. The highest BCUT2D eigenvalue weighted by Crippen LogP contribution is 2.25. The van der Waals surface area contributed by atoms with Crippen molar-refractivity contribution in [3.05, 3.63) is 0 Å². The first-order valence-corrected chi connectivity index (χ1v) is 5.14. The van der Waals surface area contributed by atoms with E-state index in [-0.39, 0.29) is 18.6 Å². The second-order valence-electron chi connectivity index (χ2n) is 4.07. The molecular weight excluding hydrogens is 182 g/mol. The number of carbonyl (C=O) groups is 1. The molecule has 2 atom stereocenters. The smallest absolute Gasteiger partial charge is 0.252 e. The number of nitrogens with one attached hydrogen (secondary N) is 1. The van der Waals surface area contributed by atoms with Crippen LogP contribution in [0.4, 0.5) is 0 Å². The second-order valence-corrected chi connectivity index (χ2v) is 4.07. The highest BCUT2D eigenvalue weighted by Gasteiger charge is 2.37. The fraction of sp³-hybridized carbons (Fsp3) is 0.900. The predicted molar refractivity (Wildman–Crippen MR) is 52.9 cm³/mol. The molecule has 0 aromatic heterocycles. The lowest BCUT2D eigenvalue weighted by atomic mass is 10.0. The van der Waals surface area contributed by atoms with Crippen LogP contribution in [0.5, 0.6) is 0 Å². The molecule has 0 bridgehead atoms. The molecule has 1 fully saturated rings. The van der Waals surface area contributed by atoms with Crippen LogP contribution in [0.15, 0.2) is 0 Å². The molecule has 4 heteroatoms. The Morgan fingerprint density at radius 3 is 2.93 bits per heavy atom. The minimum atomic E-state index is -0.649. The van der Waals surface area contributed by atoms with Crippen LogP contribution in [-0.4, -0.2) is 35.9 Å². The molecule has 0 aromatic carbocycles. The van der Waals surface area contributed by atoms with Crippen molar-refractivity contribution in [3.8, 4) is 0 Å². The van der Waals surface area contributed by atoms with Gasteiger partial charge in [0.1, 0.15) is 5.60 Å². The van der Waals surface area contributed by atoms with Gasteiger partial charge in [0.25, 0.3) is 5.91 Å². The van der Waals surface area contributed by atoms with E-state index >= 15 is 0 Å².